The van der Waals surface area contributed by atoms with Gasteiger partial charge in [-0.1, -0.05) is 62.3 Å². The van der Waals surface area contributed by atoms with Crippen molar-refractivity contribution in [2.45, 2.75) is 123 Å². The van der Waals surface area contributed by atoms with Gasteiger partial charge in [0.1, 0.15) is 0 Å². The van der Waals surface area contributed by atoms with Gasteiger partial charge in [0.2, 0.25) is 25.0 Å². The van der Waals surface area contributed by atoms with E-state index in [-0.39, 0.29) is 0 Å². The molecule has 0 spiro atoms. The molecule has 164 valence electrons. The molecule has 0 N–H and O–H groups in total. The van der Waals surface area contributed by atoms with Gasteiger partial charge >= 0.3 is 6.16 Å². The first kappa shape index (κ1) is 27.7. The molecule has 0 saturated carbocycles. The van der Waals surface area contributed by atoms with E-state index in [4.69, 9.17) is 17.7 Å². The number of hydrogen-bond acceptors (Lipinski definition) is 4. The van der Waals surface area contributed by atoms with E-state index in [1.165, 1.54) is 0 Å². The normalized spacial score (nSPS) is 14.1. The molecule has 0 rings (SSSR count). The lowest BCUT2D eigenvalue weighted by molar-refractivity contribution is -0.385. The molecule has 0 aromatic rings. The van der Waals surface area contributed by atoms with Crippen molar-refractivity contribution < 1.29 is 17.7 Å². The minimum atomic E-state index is -1.96. The Bertz CT molecular complexity index is 317. The van der Waals surface area contributed by atoms with E-state index in [1.54, 1.807) is 0 Å². The highest BCUT2D eigenvalue weighted by atomic mass is 28.4. The predicted molar refractivity (Wildman–Crippen MR) is 129 cm³/mol. The first-order valence-corrected chi connectivity index (χ1v) is 19.8. The van der Waals surface area contributed by atoms with Crippen molar-refractivity contribution in [2.24, 2.45) is 0 Å². The van der Waals surface area contributed by atoms with Gasteiger partial charge in [0.05, 0.1) is 0 Å². The largest absolute Gasteiger partial charge is 0.373 e. The molecule has 0 amide bonds. The summed E-state index contributed by atoms with van der Waals surface area (Å²) in [6.07, 6.45) is -1.25. The summed E-state index contributed by atoms with van der Waals surface area (Å²) < 4.78 is 27.0. The van der Waals surface area contributed by atoms with Crippen LogP contribution in [0.1, 0.15) is 62.3 Å². The zero-order valence-electron chi connectivity index (χ0n) is 20.0. The lowest BCUT2D eigenvalue weighted by Crippen LogP contribution is -2.61. The zero-order valence-corrected chi connectivity index (χ0v) is 25.0. The molecule has 0 aromatic heterocycles. The first-order valence-electron chi connectivity index (χ1n) is 11.4. The van der Waals surface area contributed by atoms with E-state index in [0.29, 0.717) is 10.5 Å². The molecular weight excluding hydrogens is 405 g/mol. The predicted octanol–water partition coefficient (Wildman–Crippen LogP) is 5.96. The van der Waals surface area contributed by atoms with E-state index in [1.807, 2.05) is 0 Å². The van der Waals surface area contributed by atoms with E-state index in [0.717, 1.165) is 54.4 Å². The SMILES string of the molecule is CC[Si](CC)(CC)OC(O[SiH3])(O[Si](CC)(CC)CC)O[Si](CC)(CC)CC. The summed E-state index contributed by atoms with van der Waals surface area (Å²) in [6, 6.07) is 9.60. The average molecular weight is 453 g/mol. The Morgan fingerprint density at radius 2 is 0.667 bits per heavy atom. The summed E-state index contributed by atoms with van der Waals surface area (Å²) in [6.45, 7) is 20.3. The Labute approximate surface area is 176 Å². The van der Waals surface area contributed by atoms with E-state index in [2.05, 4.69) is 62.3 Å². The fourth-order valence-corrected chi connectivity index (χ4v) is 12.8. The van der Waals surface area contributed by atoms with Gasteiger partial charge in [0, 0.05) is 0 Å². The molecule has 0 atom stereocenters. The molecule has 0 saturated heterocycles. The quantitative estimate of drug-likeness (QED) is 0.214. The van der Waals surface area contributed by atoms with Gasteiger partial charge in [-0.3, -0.25) is 0 Å². The average Bonchev–Trinajstić information content (AvgIpc) is 2.74. The van der Waals surface area contributed by atoms with Crippen LogP contribution < -0.4 is 0 Å². The van der Waals surface area contributed by atoms with Crippen LogP contribution in [0, 0.1) is 0 Å². The van der Waals surface area contributed by atoms with Crippen LogP contribution in [0.15, 0.2) is 0 Å². The van der Waals surface area contributed by atoms with Crippen molar-refractivity contribution in [1.82, 2.24) is 0 Å². The summed E-state index contributed by atoms with van der Waals surface area (Å²) >= 11 is 0. The highest BCUT2D eigenvalue weighted by molar-refractivity contribution is 6.75. The molecule has 0 aliphatic carbocycles. The van der Waals surface area contributed by atoms with Crippen molar-refractivity contribution in [2.75, 3.05) is 0 Å². The second kappa shape index (κ2) is 12.4. The third-order valence-corrected chi connectivity index (χ3v) is 21.2. The van der Waals surface area contributed by atoms with Crippen LogP contribution in [0.4, 0.5) is 0 Å². The molecule has 27 heavy (non-hydrogen) atoms. The van der Waals surface area contributed by atoms with Crippen LogP contribution in [0.25, 0.3) is 0 Å². The summed E-state index contributed by atoms with van der Waals surface area (Å²) in [7, 11) is -5.33. The molecule has 0 aromatic carbocycles. The van der Waals surface area contributed by atoms with Crippen molar-refractivity contribution in [1.29, 1.82) is 0 Å². The van der Waals surface area contributed by atoms with E-state index < -0.39 is 31.1 Å². The van der Waals surface area contributed by atoms with Gasteiger partial charge in [0.15, 0.2) is 10.5 Å². The summed E-state index contributed by atoms with van der Waals surface area (Å²) in [4.78, 5) is 0. The maximum Gasteiger partial charge on any atom is 0.373 e. The highest BCUT2D eigenvalue weighted by Gasteiger charge is 2.52. The van der Waals surface area contributed by atoms with Crippen LogP contribution in [0.3, 0.4) is 0 Å². The number of hydrogen-bond donors (Lipinski definition) is 0. The molecule has 8 heteroatoms. The lowest BCUT2D eigenvalue weighted by Gasteiger charge is -2.48. The van der Waals surface area contributed by atoms with Gasteiger partial charge in [-0.15, -0.1) is 0 Å². The van der Waals surface area contributed by atoms with Gasteiger partial charge in [-0.25, -0.2) is 0 Å². The molecule has 0 aliphatic heterocycles. The Morgan fingerprint density at radius 1 is 0.481 bits per heavy atom. The molecular formula is C19H48O4Si4. The zero-order chi connectivity index (χ0) is 21.2. The second-order valence-electron chi connectivity index (χ2n) is 7.74. The number of rotatable bonds is 16. The Kier molecular flexibility index (Phi) is 12.7. The van der Waals surface area contributed by atoms with Crippen LogP contribution >= 0.6 is 0 Å². The Hall–Kier alpha value is 0.708. The minimum Gasteiger partial charge on any atom is -0.359 e. The van der Waals surface area contributed by atoms with Crippen LogP contribution in [-0.2, 0) is 17.7 Å². The topological polar surface area (TPSA) is 36.9 Å². The monoisotopic (exact) mass is 452 g/mol. The lowest BCUT2D eigenvalue weighted by atomic mass is 10.9. The van der Waals surface area contributed by atoms with Gasteiger partial charge in [-0.05, 0) is 54.4 Å². The van der Waals surface area contributed by atoms with Crippen molar-refractivity contribution >= 4 is 35.4 Å². The Balaban J connectivity index is 6.23. The molecule has 0 bridgehead atoms. The van der Waals surface area contributed by atoms with Crippen molar-refractivity contribution in [3.8, 4) is 0 Å². The minimum absolute atomic E-state index is 0.541. The van der Waals surface area contributed by atoms with E-state index >= 15 is 0 Å². The first-order chi connectivity index (χ1) is 12.7. The molecule has 0 heterocycles. The molecule has 0 aliphatic rings. The molecule has 0 unspecified atom stereocenters. The fraction of sp³-hybridized carbons (Fsp3) is 1.00. The summed E-state index contributed by atoms with van der Waals surface area (Å²) in [5.41, 5.74) is 0. The van der Waals surface area contributed by atoms with Crippen molar-refractivity contribution in [3.63, 3.8) is 0 Å². The van der Waals surface area contributed by atoms with Crippen LogP contribution in [-0.4, -0.2) is 41.6 Å². The van der Waals surface area contributed by atoms with Gasteiger partial charge in [0.25, 0.3) is 0 Å². The van der Waals surface area contributed by atoms with Gasteiger partial charge < -0.3 is 17.7 Å². The molecule has 4 nitrogen and oxygen atoms in total. The molecule has 0 radical (unpaired) electrons. The smallest absolute Gasteiger partial charge is 0.359 e. The van der Waals surface area contributed by atoms with Crippen LogP contribution in [0.2, 0.25) is 54.4 Å². The summed E-state index contributed by atoms with van der Waals surface area (Å²) in [5.74, 6) is 0. The Morgan fingerprint density at radius 3 is 0.778 bits per heavy atom. The standard InChI is InChI=1S/C19H48O4Si4/c1-10-25(11-2,12-3)21-19(20-24,22-26(13-4,14-5)15-6)23-27(16-7,17-8)18-9/h10-18H2,1-9,24H3. The third-order valence-electron chi connectivity index (χ3n) is 7.07. The van der Waals surface area contributed by atoms with Crippen molar-refractivity contribution in [3.05, 3.63) is 0 Å². The maximum absolute atomic E-state index is 6.92. The second-order valence-corrected chi connectivity index (χ2v) is 22.2. The molecule has 0 fully saturated rings. The third kappa shape index (κ3) is 6.87. The van der Waals surface area contributed by atoms with Gasteiger partial charge in [-0.2, -0.15) is 0 Å². The fourth-order valence-electron chi connectivity index (χ4n) is 3.88. The summed E-state index contributed by atoms with van der Waals surface area (Å²) in [5, 5.41) is 0. The van der Waals surface area contributed by atoms with Crippen LogP contribution in [0.5, 0.6) is 0 Å². The van der Waals surface area contributed by atoms with E-state index in [9.17, 15) is 0 Å². The maximum atomic E-state index is 6.92. The highest BCUT2D eigenvalue weighted by Crippen LogP contribution is 2.39.